The molecule has 2 heterocycles. The second-order valence-electron chi connectivity index (χ2n) is 5.68. The molecule has 2 aliphatic heterocycles. The summed E-state index contributed by atoms with van der Waals surface area (Å²) in [7, 11) is 0. The molecule has 2 amide bonds. The summed E-state index contributed by atoms with van der Waals surface area (Å²) in [6, 6.07) is 10.8. The third kappa shape index (κ3) is 3.26. The van der Waals surface area contributed by atoms with Crippen molar-refractivity contribution in [2.45, 2.75) is 37.8 Å². The molecule has 0 spiro atoms. The molecular formula is C15H21N3O. The van der Waals surface area contributed by atoms with E-state index >= 15 is 0 Å². The highest BCUT2D eigenvalue weighted by Crippen LogP contribution is 2.30. The summed E-state index contributed by atoms with van der Waals surface area (Å²) in [5, 5.41) is 9.47. The van der Waals surface area contributed by atoms with Crippen LogP contribution in [0.2, 0.25) is 0 Å². The van der Waals surface area contributed by atoms with Gasteiger partial charge in [0, 0.05) is 24.3 Å². The topological polar surface area (TPSA) is 53.2 Å². The molecular weight excluding hydrogens is 238 g/mol. The first kappa shape index (κ1) is 12.5. The van der Waals surface area contributed by atoms with Gasteiger partial charge < -0.3 is 16.0 Å². The number of amides is 2. The predicted octanol–water partition coefficient (Wildman–Crippen LogP) is 2.34. The van der Waals surface area contributed by atoms with Crippen LogP contribution < -0.4 is 16.0 Å². The van der Waals surface area contributed by atoms with Crippen molar-refractivity contribution in [1.82, 2.24) is 10.6 Å². The van der Waals surface area contributed by atoms with Crippen molar-refractivity contribution in [2.24, 2.45) is 5.92 Å². The summed E-state index contributed by atoms with van der Waals surface area (Å²) in [6.45, 7) is 0.785. The minimum Gasteiger partial charge on any atom is -0.338 e. The lowest BCUT2D eigenvalue weighted by Gasteiger charge is -2.29. The number of benzene rings is 1. The van der Waals surface area contributed by atoms with Gasteiger partial charge in [0.2, 0.25) is 0 Å². The van der Waals surface area contributed by atoms with Crippen LogP contribution in [0, 0.1) is 5.92 Å². The second kappa shape index (κ2) is 5.61. The van der Waals surface area contributed by atoms with E-state index in [9.17, 15) is 4.79 Å². The van der Waals surface area contributed by atoms with Crippen LogP contribution in [0.5, 0.6) is 0 Å². The molecule has 2 bridgehead atoms. The third-order valence-corrected chi connectivity index (χ3v) is 4.15. The maximum Gasteiger partial charge on any atom is 0.319 e. The molecule has 3 N–H and O–H groups in total. The summed E-state index contributed by atoms with van der Waals surface area (Å²) in [6.07, 6.45) is 5.00. The van der Waals surface area contributed by atoms with Crippen molar-refractivity contribution < 1.29 is 4.79 Å². The average Bonchev–Trinajstić information content (AvgIpc) is 2.77. The van der Waals surface area contributed by atoms with E-state index in [1.807, 2.05) is 30.3 Å². The normalized spacial score (nSPS) is 28.9. The molecule has 4 heteroatoms. The summed E-state index contributed by atoms with van der Waals surface area (Å²) < 4.78 is 0. The number of fused-ring (bicyclic) bond motifs is 2. The highest BCUT2D eigenvalue weighted by molar-refractivity contribution is 5.89. The first-order valence-corrected chi connectivity index (χ1v) is 7.15. The molecule has 3 rings (SSSR count). The van der Waals surface area contributed by atoms with Gasteiger partial charge in [-0.3, -0.25) is 0 Å². The van der Waals surface area contributed by atoms with Crippen LogP contribution in [0.1, 0.15) is 25.7 Å². The molecule has 0 radical (unpaired) electrons. The van der Waals surface area contributed by atoms with Gasteiger partial charge >= 0.3 is 6.03 Å². The minimum absolute atomic E-state index is 0.0999. The second-order valence-corrected chi connectivity index (χ2v) is 5.68. The van der Waals surface area contributed by atoms with Gasteiger partial charge in [0.05, 0.1) is 0 Å². The van der Waals surface area contributed by atoms with Crippen molar-refractivity contribution in [3.05, 3.63) is 30.3 Å². The summed E-state index contributed by atoms with van der Waals surface area (Å²) in [5.41, 5.74) is 0.838. The number of hydrogen-bond donors (Lipinski definition) is 3. The fourth-order valence-electron chi connectivity index (χ4n) is 3.28. The Morgan fingerprint density at radius 3 is 2.53 bits per heavy atom. The standard InChI is InChI=1S/C15H21N3O/c19-15(18-12-4-2-1-3-5-12)16-10-11-8-13-6-7-14(9-11)17-13/h1-5,11,13-14,17H,6-10H2,(H2,16,18,19). The monoisotopic (exact) mass is 259 g/mol. The Balaban J connectivity index is 1.43. The van der Waals surface area contributed by atoms with Crippen LogP contribution in [0.4, 0.5) is 10.5 Å². The van der Waals surface area contributed by atoms with E-state index in [1.54, 1.807) is 0 Å². The highest BCUT2D eigenvalue weighted by Gasteiger charge is 2.33. The number of carbonyl (C=O) groups is 1. The van der Waals surface area contributed by atoms with Crippen LogP contribution >= 0.6 is 0 Å². The van der Waals surface area contributed by atoms with Crippen molar-refractivity contribution in [2.75, 3.05) is 11.9 Å². The Morgan fingerprint density at radius 1 is 1.16 bits per heavy atom. The van der Waals surface area contributed by atoms with Gasteiger partial charge in [-0.15, -0.1) is 0 Å². The summed E-state index contributed by atoms with van der Waals surface area (Å²) in [4.78, 5) is 11.8. The Hall–Kier alpha value is -1.55. The molecule has 102 valence electrons. The molecule has 2 saturated heterocycles. The quantitative estimate of drug-likeness (QED) is 0.780. The number of carbonyl (C=O) groups excluding carboxylic acids is 1. The van der Waals surface area contributed by atoms with E-state index in [0.717, 1.165) is 12.2 Å². The lowest BCUT2D eigenvalue weighted by molar-refractivity contribution is 0.243. The Bertz CT molecular complexity index is 422. The van der Waals surface area contributed by atoms with Crippen LogP contribution in [0.25, 0.3) is 0 Å². The number of hydrogen-bond acceptors (Lipinski definition) is 2. The minimum atomic E-state index is -0.0999. The van der Waals surface area contributed by atoms with Crippen LogP contribution in [0.15, 0.2) is 30.3 Å². The molecule has 4 nitrogen and oxygen atoms in total. The highest BCUT2D eigenvalue weighted by atomic mass is 16.2. The number of rotatable bonds is 3. The van der Waals surface area contributed by atoms with E-state index < -0.39 is 0 Å². The molecule has 0 saturated carbocycles. The van der Waals surface area contributed by atoms with Crippen molar-refractivity contribution >= 4 is 11.7 Å². The average molecular weight is 259 g/mol. The smallest absolute Gasteiger partial charge is 0.319 e. The zero-order valence-electron chi connectivity index (χ0n) is 11.1. The van der Waals surface area contributed by atoms with Gasteiger partial charge in [-0.1, -0.05) is 18.2 Å². The number of anilines is 1. The van der Waals surface area contributed by atoms with Crippen LogP contribution in [-0.2, 0) is 0 Å². The molecule has 2 unspecified atom stereocenters. The number of urea groups is 1. The first-order valence-electron chi connectivity index (χ1n) is 7.15. The maximum atomic E-state index is 11.8. The van der Waals surface area contributed by atoms with Crippen molar-refractivity contribution in [3.8, 4) is 0 Å². The zero-order chi connectivity index (χ0) is 13.1. The Kier molecular flexibility index (Phi) is 3.69. The third-order valence-electron chi connectivity index (χ3n) is 4.15. The molecule has 2 fully saturated rings. The van der Waals surface area contributed by atoms with Crippen LogP contribution in [0.3, 0.4) is 0 Å². The maximum absolute atomic E-state index is 11.8. The summed E-state index contributed by atoms with van der Waals surface area (Å²) in [5.74, 6) is 0.625. The fraction of sp³-hybridized carbons (Fsp3) is 0.533. The lowest BCUT2D eigenvalue weighted by Crippen LogP contribution is -2.42. The number of nitrogens with one attached hydrogen (secondary N) is 3. The van der Waals surface area contributed by atoms with Gasteiger partial charge in [0.15, 0.2) is 0 Å². The summed E-state index contributed by atoms with van der Waals surface area (Å²) >= 11 is 0. The van der Waals surface area contributed by atoms with Gasteiger partial charge in [0.25, 0.3) is 0 Å². The Labute approximate surface area is 114 Å². The van der Waals surface area contributed by atoms with E-state index in [0.29, 0.717) is 18.0 Å². The van der Waals surface area contributed by atoms with Gasteiger partial charge in [-0.05, 0) is 43.7 Å². The van der Waals surface area contributed by atoms with E-state index in [2.05, 4.69) is 16.0 Å². The largest absolute Gasteiger partial charge is 0.338 e. The molecule has 19 heavy (non-hydrogen) atoms. The van der Waals surface area contributed by atoms with E-state index in [4.69, 9.17) is 0 Å². The van der Waals surface area contributed by atoms with Crippen molar-refractivity contribution in [3.63, 3.8) is 0 Å². The molecule has 2 aliphatic rings. The number of piperidine rings is 1. The van der Waals surface area contributed by atoms with Gasteiger partial charge in [-0.25, -0.2) is 4.79 Å². The molecule has 0 aromatic heterocycles. The fourth-order valence-corrected chi connectivity index (χ4v) is 3.28. The lowest BCUT2D eigenvalue weighted by atomic mass is 9.92. The molecule has 1 aromatic rings. The van der Waals surface area contributed by atoms with Gasteiger partial charge in [0.1, 0.15) is 0 Å². The SMILES string of the molecule is O=C(NCC1CC2CCC(C1)N2)Nc1ccccc1. The Morgan fingerprint density at radius 2 is 1.84 bits per heavy atom. The van der Waals surface area contributed by atoms with E-state index in [1.165, 1.54) is 25.7 Å². The zero-order valence-corrected chi connectivity index (χ0v) is 11.1. The van der Waals surface area contributed by atoms with Crippen molar-refractivity contribution in [1.29, 1.82) is 0 Å². The predicted molar refractivity (Wildman–Crippen MR) is 76.1 cm³/mol. The van der Waals surface area contributed by atoms with Crippen LogP contribution in [-0.4, -0.2) is 24.7 Å². The van der Waals surface area contributed by atoms with Gasteiger partial charge in [-0.2, -0.15) is 0 Å². The number of para-hydroxylation sites is 1. The first-order chi connectivity index (χ1) is 9.29. The molecule has 0 aliphatic carbocycles. The molecule has 2 atom stereocenters. The van der Waals surface area contributed by atoms with E-state index in [-0.39, 0.29) is 6.03 Å². The molecule has 1 aromatic carbocycles.